The molecule has 4 aromatic rings. The lowest BCUT2D eigenvalue weighted by molar-refractivity contribution is -0.137. The van der Waals surface area contributed by atoms with E-state index in [1.807, 2.05) is 84.0 Å². The Balaban J connectivity index is 0.000000231. The SMILES string of the molecule is C#CCOc1cc(-n2nc(C(C)(C)C)oc2=O)c(Cl)cc1Cl.CCN(CC)C(=O)C(C)Oc1cccc2ccccc12. The van der Waals surface area contributed by atoms with Gasteiger partial charge in [-0.15, -0.1) is 11.5 Å². The lowest BCUT2D eigenvalue weighted by atomic mass is 9.97. The number of benzene rings is 3. The first-order chi connectivity index (χ1) is 19.9. The molecule has 0 spiro atoms. The van der Waals surface area contributed by atoms with Gasteiger partial charge in [0, 0.05) is 30.0 Å². The third-order valence-electron chi connectivity index (χ3n) is 6.21. The Morgan fingerprint density at radius 3 is 2.36 bits per heavy atom. The number of rotatable bonds is 8. The van der Waals surface area contributed by atoms with E-state index in [2.05, 4.69) is 11.0 Å². The van der Waals surface area contributed by atoms with E-state index >= 15 is 0 Å². The first-order valence-corrected chi connectivity index (χ1v) is 14.3. The number of hydrogen-bond donors (Lipinski definition) is 0. The summed E-state index contributed by atoms with van der Waals surface area (Å²) in [6.45, 7) is 12.9. The largest absolute Gasteiger partial charge is 0.480 e. The molecule has 0 fully saturated rings. The highest BCUT2D eigenvalue weighted by atomic mass is 35.5. The Morgan fingerprint density at radius 1 is 1.07 bits per heavy atom. The lowest BCUT2D eigenvalue weighted by Gasteiger charge is -2.23. The van der Waals surface area contributed by atoms with Crippen LogP contribution in [0, 0.1) is 12.3 Å². The molecule has 0 N–H and O–H groups in total. The van der Waals surface area contributed by atoms with Gasteiger partial charge in [0.05, 0.1) is 15.7 Å². The van der Waals surface area contributed by atoms with E-state index in [0.717, 1.165) is 21.2 Å². The topological polar surface area (TPSA) is 86.8 Å². The van der Waals surface area contributed by atoms with Gasteiger partial charge in [0.25, 0.3) is 5.91 Å². The first kappa shape index (κ1) is 32.6. The van der Waals surface area contributed by atoms with Crippen LogP contribution < -0.4 is 15.2 Å². The Labute approximate surface area is 256 Å². The van der Waals surface area contributed by atoms with Gasteiger partial charge in [0.1, 0.15) is 18.1 Å². The molecule has 0 aliphatic rings. The molecule has 1 heterocycles. The molecular weight excluding hydrogens is 577 g/mol. The summed E-state index contributed by atoms with van der Waals surface area (Å²) in [5, 5.41) is 6.86. The summed E-state index contributed by atoms with van der Waals surface area (Å²) in [7, 11) is 0. The van der Waals surface area contributed by atoms with Gasteiger partial charge in [-0.3, -0.25) is 4.79 Å². The van der Waals surface area contributed by atoms with Gasteiger partial charge in [0.15, 0.2) is 6.10 Å². The molecule has 0 aliphatic heterocycles. The Kier molecular flexibility index (Phi) is 11.1. The molecule has 1 amide bonds. The molecule has 0 aliphatic carbocycles. The molecule has 4 rings (SSSR count). The van der Waals surface area contributed by atoms with Crippen LogP contribution in [0.25, 0.3) is 16.5 Å². The molecule has 42 heavy (non-hydrogen) atoms. The number of halogens is 2. The molecule has 1 atom stereocenters. The van der Waals surface area contributed by atoms with Crippen molar-refractivity contribution >= 4 is 39.9 Å². The van der Waals surface area contributed by atoms with E-state index in [1.54, 1.807) is 4.90 Å². The number of ether oxygens (including phenoxy) is 2. The van der Waals surface area contributed by atoms with Crippen molar-refractivity contribution < 1.29 is 18.7 Å². The zero-order valence-electron chi connectivity index (χ0n) is 24.6. The number of likely N-dealkylation sites (N-methyl/N-ethyl adjacent to an activating group) is 1. The molecule has 1 aromatic heterocycles. The minimum Gasteiger partial charge on any atom is -0.480 e. The smallest absolute Gasteiger partial charge is 0.442 e. The Morgan fingerprint density at radius 2 is 1.74 bits per heavy atom. The fraction of sp³-hybridized carbons (Fsp3) is 0.344. The number of hydrogen-bond acceptors (Lipinski definition) is 6. The molecule has 0 saturated heterocycles. The molecule has 1 unspecified atom stereocenters. The zero-order valence-corrected chi connectivity index (χ0v) is 26.1. The fourth-order valence-electron chi connectivity index (χ4n) is 3.98. The number of amides is 1. The maximum Gasteiger partial charge on any atom is 0.442 e. The number of fused-ring (bicyclic) bond motifs is 1. The highest BCUT2D eigenvalue weighted by Gasteiger charge is 2.24. The van der Waals surface area contributed by atoms with Crippen LogP contribution in [0.3, 0.4) is 0 Å². The van der Waals surface area contributed by atoms with Crippen LogP contribution in [-0.2, 0) is 10.2 Å². The van der Waals surface area contributed by atoms with Crippen molar-refractivity contribution in [1.29, 1.82) is 0 Å². The molecular formula is C32H35Cl2N3O5. The number of carbonyl (C=O) groups excluding carboxylic acids is 1. The van der Waals surface area contributed by atoms with E-state index in [0.29, 0.717) is 30.4 Å². The predicted octanol–water partition coefficient (Wildman–Crippen LogP) is 6.92. The molecule has 0 radical (unpaired) electrons. The molecule has 0 bridgehead atoms. The quantitative estimate of drug-likeness (QED) is 0.201. The summed E-state index contributed by atoms with van der Waals surface area (Å²) in [5.41, 5.74) is -0.103. The third kappa shape index (κ3) is 7.87. The predicted molar refractivity (Wildman–Crippen MR) is 167 cm³/mol. The zero-order chi connectivity index (χ0) is 31.0. The second-order valence-corrected chi connectivity index (χ2v) is 11.1. The van der Waals surface area contributed by atoms with Gasteiger partial charge in [-0.05, 0) is 38.3 Å². The fourth-order valence-corrected chi connectivity index (χ4v) is 4.49. The van der Waals surface area contributed by atoms with Crippen molar-refractivity contribution in [2.24, 2.45) is 0 Å². The van der Waals surface area contributed by atoms with E-state index in [-0.39, 0.29) is 22.6 Å². The highest BCUT2D eigenvalue weighted by Crippen LogP contribution is 2.33. The normalized spacial score (nSPS) is 11.7. The summed E-state index contributed by atoms with van der Waals surface area (Å²) in [5.74, 6) is 3.10. The second kappa shape index (κ2) is 14.3. The summed E-state index contributed by atoms with van der Waals surface area (Å²) in [6.07, 6.45) is 4.68. The minimum absolute atomic E-state index is 0.0305. The summed E-state index contributed by atoms with van der Waals surface area (Å²) in [6, 6.07) is 16.9. The van der Waals surface area contributed by atoms with Crippen LogP contribution in [0.1, 0.15) is 47.4 Å². The van der Waals surface area contributed by atoms with Crippen molar-refractivity contribution in [1.82, 2.24) is 14.7 Å². The highest BCUT2D eigenvalue weighted by molar-refractivity contribution is 6.36. The van der Waals surface area contributed by atoms with Crippen LogP contribution in [0.5, 0.6) is 11.5 Å². The van der Waals surface area contributed by atoms with E-state index in [1.165, 1.54) is 12.1 Å². The van der Waals surface area contributed by atoms with Gasteiger partial charge in [-0.1, -0.05) is 86.3 Å². The van der Waals surface area contributed by atoms with Crippen molar-refractivity contribution in [2.45, 2.75) is 53.1 Å². The average Bonchev–Trinajstić information content (AvgIpc) is 3.35. The molecule has 3 aromatic carbocycles. The molecule has 8 nitrogen and oxygen atoms in total. The molecule has 222 valence electrons. The maximum atomic E-state index is 12.2. The van der Waals surface area contributed by atoms with E-state index in [9.17, 15) is 9.59 Å². The van der Waals surface area contributed by atoms with Crippen LogP contribution in [-0.4, -0.2) is 46.4 Å². The Bertz CT molecular complexity index is 1620. The number of nitrogens with zero attached hydrogens (tertiary/aromatic N) is 3. The maximum absolute atomic E-state index is 12.2. The van der Waals surface area contributed by atoms with Crippen molar-refractivity contribution in [3.8, 4) is 29.5 Å². The Hall–Kier alpha value is -3.93. The van der Waals surface area contributed by atoms with Crippen LogP contribution in [0.15, 0.2) is 63.8 Å². The summed E-state index contributed by atoms with van der Waals surface area (Å²) in [4.78, 5) is 26.1. The number of terminal acetylenes is 1. The monoisotopic (exact) mass is 611 g/mol. The lowest BCUT2D eigenvalue weighted by Crippen LogP contribution is -2.40. The van der Waals surface area contributed by atoms with Crippen molar-refractivity contribution in [2.75, 3.05) is 19.7 Å². The summed E-state index contributed by atoms with van der Waals surface area (Å²) >= 11 is 12.2. The number of aromatic nitrogens is 2. The van der Waals surface area contributed by atoms with Crippen LogP contribution >= 0.6 is 23.2 Å². The van der Waals surface area contributed by atoms with Crippen LogP contribution in [0.4, 0.5) is 0 Å². The standard InChI is InChI=1S/C17H21NO2.C15H14Cl2N2O3/c1-4-18(5-2)17(19)13(3)20-16-12-8-10-14-9-6-7-11-15(14)16;1-5-6-21-12-8-11(9(16)7-10(12)17)19-14(20)22-13(18-19)15(2,3)4/h6-13H,4-5H2,1-3H3;1,7-8H,6H2,2-4H3. The van der Waals surface area contributed by atoms with Gasteiger partial charge >= 0.3 is 5.76 Å². The summed E-state index contributed by atoms with van der Waals surface area (Å²) < 4.78 is 17.4. The van der Waals surface area contributed by atoms with Crippen molar-refractivity contribution in [3.63, 3.8) is 0 Å². The van der Waals surface area contributed by atoms with Gasteiger partial charge in [-0.25, -0.2) is 4.79 Å². The van der Waals surface area contributed by atoms with Gasteiger partial charge in [0.2, 0.25) is 5.89 Å². The van der Waals surface area contributed by atoms with E-state index < -0.39 is 17.3 Å². The average molecular weight is 613 g/mol. The van der Waals surface area contributed by atoms with E-state index in [4.69, 9.17) is 43.5 Å². The van der Waals surface area contributed by atoms with Crippen LogP contribution in [0.2, 0.25) is 10.0 Å². The van der Waals surface area contributed by atoms with Gasteiger partial charge in [-0.2, -0.15) is 4.68 Å². The van der Waals surface area contributed by atoms with Gasteiger partial charge < -0.3 is 18.8 Å². The third-order valence-corrected chi connectivity index (χ3v) is 6.80. The molecule has 10 heteroatoms. The minimum atomic E-state index is -0.642. The second-order valence-electron chi connectivity index (χ2n) is 10.3. The number of carbonyl (C=O) groups is 1. The van der Waals surface area contributed by atoms with Crippen molar-refractivity contribution in [3.05, 3.63) is 81.1 Å². The molecule has 0 saturated carbocycles. The first-order valence-electron chi connectivity index (χ1n) is 13.5.